The van der Waals surface area contributed by atoms with Crippen LogP contribution in [0.1, 0.15) is 40.5 Å². The molecule has 0 radical (unpaired) electrons. The minimum atomic E-state index is 0.313. The molecular formula is C9H21NO. The van der Waals surface area contributed by atoms with Crippen molar-refractivity contribution >= 4 is 0 Å². The maximum atomic E-state index is 5.56. The van der Waals surface area contributed by atoms with Crippen molar-refractivity contribution in [2.24, 2.45) is 0 Å². The zero-order valence-electron chi connectivity index (χ0n) is 8.26. The van der Waals surface area contributed by atoms with Crippen LogP contribution in [0.2, 0.25) is 0 Å². The Hall–Kier alpha value is -0.0800. The predicted molar refractivity (Wildman–Crippen MR) is 48.4 cm³/mol. The third kappa shape index (κ3) is 6.32. The number of nitrogens with zero attached hydrogens (tertiary/aromatic N) is 1. The molecule has 0 atom stereocenters. The number of hydrogen-bond acceptors (Lipinski definition) is 2. The van der Waals surface area contributed by atoms with E-state index in [1.54, 1.807) is 0 Å². The molecule has 11 heavy (non-hydrogen) atoms. The molecule has 0 saturated carbocycles. The van der Waals surface area contributed by atoms with Gasteiger partial charge in [0.05, 0.1) is 6.10 Å². The lowest BCUT2D eigenvalue weighted by atomic mass is 10.4. The van der Waals surface area contributed by atoms with Crippen molar-refractivity contribution in [3.05, 3.63) is 0 Å². The minimum Gasteiger partial charge on any atom is -0.296 e. The molecule has 0 N–H and O–H groups in total. The first-order chi connectivity index (χ1) is 5.20. The molecule has 0 aliphatic carbocycles. The van der Waals surface area contributed by atoms with Gasteiger partial charge in [0.1, 0.15) is 0 Å². The SMILES string of the molecule is CCCN(CCC)OC(C)C. The maximum Gasteiger partial charge on any atom is 0.0737 e. The molecule has 0 aromatic carbocycles. The lowest BCUT2D eigenvalue weighted by Crippen LogP contribution is -2.28. The van der Waals surface area contributed by atoms with Crippen LogP contribution in [0.5, 0.6) is 0 Å². The highest BCUT2D eigenvalue weighted by atomic mass is 16.7. The Labute approximate surface area is 70.5 Å². The topological polar surface area (TPSA) is 12.5 Å². The second kappa shape index (κ2) is 6.62. The van der Waals surface area contributed by atoms with E-state index in [1.165, 1.54) is 0 Å². The lowest BCUT2D eigenvalue weighted by molar-refractivity contribution is -0.187. The van der Waals surface area contributed by atoms with Gasteiger partial charge < -0.3 is 0 Å². The molecule has 2 nitrogen and oxygen atoms in total. The first-order valence-corrected chi connectivity index (χ1v) is 4.62. The van der Waals surface area contributed by atoms with Crippen LogP contribution in [0.3, 0.4) is 0 Å². The van der Waals surface area contributed by atoms with Crippen molar-refractivity contribution < 1.29 is 4.84 Å². The van der Waals surface area contributed by atoms with Gasteiger partial charge in [-0.25, -0.2) is 0 Å². The van der Waals surface area contributed by atoms with Crippen LogP contribution in [0.4, 0.5) is 0 Å². The standard InChI is InChI=1S/C9H21NO/c1-5-7-10(8-6-2)11-9(3)4/h9H,5-8H2,1-4H3. The van der Waals surface area contributed by atoms with E-state index in [0.29, 0.717) is 6.10 Å². The van der Waals surface area contributed by atoms with Gasteiger partial charge in [0.25, 0.3) is 0 Å². The summed E-state index contributed by atoms with van der Waals surface area (Å²) in [6, 6.07) is 0. The van der Waals surface area contributed by atoms with Crippen molar-refractivity contribution in [3.8, 4) is 0 Å². The van der Waals surface area contributed by atoms with E-state index in [9.17, 15) is 0 Å². The molecule has 0 heterocycles. The Morgan fingerprint density at radius 2 is 1.55 bits per heavy atom. The molecule has 0 amide bonds. The fourth-order valence-electron chi connectivity index (χ4n) is 1.01. The van der Waals surface area contributed by atoms with Gasteiger partial charge in [-0.1, -0.05) is 13.8 Å². The van der Waals surface area contributed by atoms with E-state index >= 15 is 0 Å². The van der Waals surface area contributed by atoms with Gasteiger partial charge in [0, 0.05) is 13.1 Å². The summed E-state index contributed by atoms with van der Waals surface area (Å²) in [7, 11) is 0. The van der Waals surface area contributed by atoms with Crippen molar-refractivity contribution in [1.82, 2.24) is 5.06 Å². The smallest absolute Gasteiger partial charge is 0.0737 e. The van der Waals surface area contributed by atoms with E-state index in [-0.39, 0.29) is 0 Å². The summed E-state index contributed by atoms with van der Waals surface area (Å²) < 4.78 is 0. The summed E-state index contributed by atoms with van der Waals surface area (Å²) in [5.74, 6) is 0. The second-order valence-electron chi connectivity index (χ2n) is 3.08. The largest absolute Gasteiger partial charge is 0.296 e. The number of rotatable bonds is 6. The molecule has 0 aromatic rings. The first-order valence-electron chi connectivity index (χ1n) is 4.62. The summed E-state index contributed by atoms with van der Waals surface area (Å²) in [5, 5.41) is 2.06. The van der Waals surface area contributed by atoms with Gasteiger partial charge in [-0.3, -0.25) is 4.84 Å². The van der Waals surface area contributed by atoms with Crippen LogP contribution in [0.15, 0.2) is 0 Å². The van der Waals surface area contributed by atoms with E-state index in [0.717, 1.165) is 25.9 Å². The first kappa shape index (κ1) is 10.9. The van der Waals surface area contributed by atoms with Crippen molar-refractivity contribution in [3.63, 3.8) is 0 Å². The summed E-state index contributed by atoms with van der Waals surface area (Å²) in [4.78, 5) is 5.56. The number of hydroxylamine groups is 2. The highest BCUT2D eigenvalue weighted by Crippen LogP contribution is 1.99. The van der Waals surface area contributed by atoms with Crippen LogP contribution in [0.25, 0.3) is 0 Å². The van der Waals surface area contributed by atoms with Crippen LogP contribution >= 0.6 is 0 Å². The van der Waals surface area contributed by atoms with E-state index in [4.69, 9.17) is 4.84 Å². The Kier molecular flexibility index (Phi) is 6.57. The summed E-state index contributed by atoms with van der Waals surface area (Å²) in [6.07, 6.45) is 2.63. The van der Waals surface area contributed by atoms with E-state index in [1.807, 2.05) is 0 Å². The van der Waals surface area contributed by atoms with Crippen LogP contribution in [-0.2, 0) is 4.84 Å². The molecule has 0 spiro atoms. The summed E-state index contributed by atoms with van der Waals surface area (Å²) in [6.45, 7) is 10.6. The molecular weight excluding hydrogens is 138 g/mol. The summed E-state index contributed by atoms with van der Waals surface area (Å²) >= 11 is 0. The maximum absolute atomic E-state index is 5.56. The molecule has 0 saturated heterocycles. The summed E-state index contributed by atoms with van der Waals surface area (Å²) in [5.41, 5.74) is 0. The van der Waals surface area contributed by atoms with Crippen LogP contribution in [-0.4, -0.2) is 24.3 Å². The molecule has 0 aromatic heterocycles. The molecule has 0 bridgehead atoms. The Morgan fingerprint density at radius 3 is 1.82 bits per heavy atom. The van der Waals surface area contributed by atoms with Gasteiger partial charge in [0.2, 0.25) is 0 Å². The molecule has 0 aliphatic rings. The molecule has 0 rings (SSSR count). The van der Waals surface area contributed by atoms with Gasteiger partial charge in [0.15, 0.2) is 0 Å². The molecule has 2 heteroatoms. The zero-order chi connectivity index (χ0) is 8.69. The predicted octanol–water partition coefficient (Wildman–Crippen LogP) is 2.45. The highest BCUT2D eigenvalue weighted by Gasteiger charge is 2.03. The highest BCUT2D eigenvalue weighted by molar-refractivity contribution is 4.44. The normalized spacial score (nSPS) is 11.5. The number of hydrogen-bond donors (Lipinski definition) is 0. The van der Waals surface area contributed by atoms with Gasteiger partial charge in [-0.2, -0.15) is 5.06 Å². The fourth-order valence-corrected chi connectivity index (χ4v) is 1.01. The third-order valence-corrected chi connectivity index (χ3v) is 1.31. The second-order valence-corrected chi connectivity index (χ2v) is 3.08. The Balaban J connectivity index is 3.50. The fraction of sp³-hybridized carbons (Fsp3) is 1.00. The minimum absolute atomic E-state index is 0.313. The van der Waals surface area contributed by atoms with E-state index < -0.39 is 0 Å². The van der Waals surface area contributed by atoms with Crippen molar-refractivity contribution in [1.29, 1.82) is 0 Å². The quantitative estimate of drug-likeness (QED) is 0.552. The van der Waals surface area contributed by atoms with E-state index in [2.05, 4.69) is 32.8 Å². The third-order valence-electron chi connectivity index (χ3n) is 1.31. The molecule has 68 valence electrons. The van der Waals surface area contributed by atoms with Crippen molar-refractivity contribution in [2.75, 3.05) is 13.1 Å². The Morgan fingerprint density at radius 1 is 1.09 bits per heavy atom. The van der Waals surface area contributed by atoms with Gasteiger partial charge >= 0.3 is 0 Å². The molecule has 0 aliphatic heterocycles. The molecule has 0 unspecified atom stereocenters. The van der Waals surface area contributed by atoms with Crippen LogP contribution < -0.4 is 0 Å². The average Bonchev–Trinajstić information content (AvgIpc) is 1.87. The lowest BCUT2D eigenvalue weighted by Gasteiger charge is -2.22. The average molecular weight is 159 g/mol. The van der Waals surface area contributed by atoms with Gasteiger partial charge in [-0.15, -0.1) is 0 Å². The monoisotopic (exact) mass is 159 g/mol. The Bertz CT molecular complexity index is 77.6. The molecule has 0 fully saturated rings. The van der Waals surface area contributed by atoms with Gasteiger partial charge in [-0.05, 0) is 26.7 Å². The van der Waals surface area contributed by atoms with Crippen LogP contribution in [0, 0.1) is 0 Å². The van der Waals surface area contributed by atoms with Crippen molar-refractivity contribution in [2.45, 2.75) is 46.6 Å². The zero-order valence-corrected chi connectivity index (χ0v) is 8.26.